The van der Waals surface area contributed by atoms with Crippen molar-refractivity contribution in [2.75, 3.05) is 0 Å². The molecule has 21 heavy (non-hydrogen) atoms. The van der Waals surface area contributed by atoms with Gasteiger partial charge in [0.05, 0.1) is 11.1 Å². The molecule has 0 unspecified atom stereocenters. The quantitative estimate of drug-likeness (QED) is 0.582. The van der Waals surface area contributed by atoms with Crippen molar-refractivity contribution < 1.29 is 0 Å². The summed E-state index contributed by atoms with van der Waals surface area (Å²) in [6, 6.07) is 4.12. The van der Waals surface area contributed by atoms with Crippen LogP contribution in [0.3, 0.4) is 0 Å². The average Bonchev–Trinajstić information content (AvgIpc) is 3.13. The van der Waals surface area contributed by atoms with E-state index in [9.17, 15) is 0 Å². The lowest BCUT2D eigenvalue weighted by atomic mass is 10.3. The highest BCUT2D eigenvalue weighted by atomic mass is 32.1. The Bertz CT molecular complexity index is 932. The first kappa shape index (κ1) is 12.5. The molecule has 4 aromatic heterocycles. The Labute approximate surface area is 125 Å². The zero-order valence-corrected chi connectivity index (χ0v) is 12.6. The largest absolute Gasteiger partial charge is 0.269 e. The summed E-state index contributed by atoms with van der Waals surface area (Å²) < 4.78 is 3.76. The lowest BCUT2D eigenvalue weighted by Crippen LogP contribution is -2.06. The van der Waals surface area contributed by atoms with E-state index in [1.54, 1.807) is 22.2 Å². The number of aryl methyl sites for hydroxylation is 4. The second-order valence-electron chi connectivity index (χ2n) is 5.08. The summed E-state index contributed by atoms with van der Waals surface area (Å²) in [4.78, 5) is 10.0. The monoisotopic (exact) mass is 298 g/mol. The van der Waals surface area contributed by atoms with E-state index in [1.807, 2.05) is 23.1 Å². The molecule has 0 N–H and O–H groups in total. The lowest BCUT2D eigenvalue weighted by molar-refractivity contribution is 0.581. The third-order valence-electron chi connectivity index (χ3n) is 3.50. The third kappa shape index (κ3) is 2.09. The first-order valence-electron chi connectivity index (χ1n) is 6.79. The number of aromatic nitrogens is 6. The lowest BCUT2D eigenvalue weighted by Gasteiger charge is -2.00. The maximum Gasteiger partial charge on any atom is 0.167 e. The molecule has 0 aromatic carbocycles. The molecular formula is C14H14N6S. The second kappa shape index (κ2) is 4.63. The van der Waals surface area contributed by atoms with Crippen LogP contribution in [0.5, 0.6) is 0 Å². The van der Waals surface area contributed by atoms with Crippen LogP contribution in [0.2, 0.25) is 0 Å². The summed E-state index contributed by atoms with van der Waals surface area (Å²) in [5.41, 5.74) is 3.09. The molecule has 7 heteroatoms. The van der Waals surface area contributed by atoms with Gasteiger partial charge in [-0.25, -0.2) is 14.5 Å². The first-order valence-corrected chi connectivity index (χ1v) is 7.67. The Morgan fingerprint density at radius 1 is 1.24 bits per heavy atom. The van der Waals surface area contributed by atoms with E-state index in [4.69, 9.17) is 0 Å². The molecule has 0 radical (unpaired) electrons. The molecule has 4 heterocycles. The number of hydrogen-bond acceptors (Lipinski definition) is 5. The average molecular weight is 298 g/mol. The smallest absolute Gasteiger partial charge is 0.167 e. The van der Waals surface area contributed by atoms with Crippen LogP contribution in [0, 0.1) is 13.8 Å². The SMILES string of the molecule is Cc1cc(C)n(CCc2nc3c4ccsc4ncn3n2)n1. The van der Waals surface area contributed by atoms with Crippen molar-refractivity contribution in [1.82, 2.24) is 29.4 Å². The van der Waals surface area contributed by atoms with E-state index < -0.39 is 0 Å². The van der Waals surface area contributed by atoms with Crippen LogP contribution in [0.25, 0.3) is 15.9 Å². The molecule has 0 fully saturated rings. The van der Waals surface area contributed by atoms with Gasteiger partial charge in [0.1, 0.15) is 11.2 Å². The highest BCUT2D eigenvalue weighted by molar-refractivity contribution is 7.16. The van der Waals surface area contributed by atoms with Crippen molar-refractivity contribution in [2.24, 2.45) is 0 Å². The minimum absolute atomic E-state index is 0.759. The molecule has 0 spiro atoms. The number of rotatable bonds is 3. The van der Waals surface area contributed by atoms with Crippen molar-refractivity contribution in [3.05, 3.63) is 41.1 Å². The minimum Gasteiger partial charge on any atom is -0.269 e. The van der Waals surface area contributed by atoms with E-state index in [0.717, 1.165) is 46.0 Å². The van der Waals surface area contributed by atoms with Gasteiger partial charge in [-0.1, -0.05) is 0 Å². The topological polar surface area (TPSA) is 60.9 Å². The predicted octanol–water partition coefficient (Wildman–Crippen LogP) is 2.40. The summed E-state index contributed by atoms with van der Waals surface area (Å²) in [6.07, 6.45) is 2.49. The van der Waals surface area contributed by atoms with E-state index in [-0.39, 0.29) is 0 Å². The van der Waals surface area contributed by atoms with Crippen LogP contribution in [0.15, 0.2) is 23.8 Å². The number of hydrogen-bond donors (Lipinski definition) is 0. The van der Waals surface area contributed by atoms with Crippen LogP contribution in [-0.2, 0) is 13.0 Å². The molecule has 0 amide bonds. The fourth-order valence-electron chi connectivity index (χ4n) is 2.52. The molecule has 0 saturated carbocycles. The fraction of sp³-hybridized carbons (Fsp3) is 0.286. The molecule has 0 aliphatic carbocycles. The van der Waals surface area contributed by atoms with Gasteiger partial charge in [0.2, 0.25) is 0 Å². The normalized spacial score (nSPS) is 11.7. The number of thiophene rings is 1. The summed E-state index contributed by atoms with van der Waals surface area (Å²) in [6.45, 7) is 4.86. The van der Waals surface area contributed by atoms with Crippen molar-refractivity contribution in [3.63, 3.8) is 0 Å². The Kier molecular flexibility index (Phi) is 2.75. The van der Waals surface area contributed by atoms with Gasteiger partial charge in [-0.15, -0.1) is 16.4 Å². The van der Waals surface area contributed by atoms with Crippen molar-refractivity contribution in [2.45, 2.75) is 26.8 Å². The zero-order valence-electron chi connectivity index (χ0n) is 11.8. The van der Waals surface area contributed by atoms with Gasteiger partial charge < -0.3 is 0 Å². The molecule has 0 saturated heterocycles. The summed E-state index contributed by atoms with van der Waals surface area (Å²) in [5, 5.41) is 12.1. The van der Waals surface area contributed by atoms with Crippen LogP contribution in [-0.4, -0.2) is 29.4 Å². The van der Waals surface area contributed by atoms with Crippen LogP contribution in [0.1, 0.15) is 17.2 Å². The molecule has 0 aliphatic heterocycles. The molecule has 0 bridgehead atoms. The maximum absolute atomic E-state index is 4.64. The highest BCUT2D eigenvalue weighted by Gasteiger charge is 2.10. The first-order chi connectivity index (χ1) is 10.2. The Morgan fingerprint density at radius 2 is 2.14 bits per heavy atom. The van der Waals surface area contributed by atoms with Gasteiger partial charge in [0, 0.05) is 18.7 Å². The van der Waals surface area contributed by atoms with Gasteiger partial charge in [-0.2, -0.15) is 5.10 Å². The zero-order chi connectivity index (χ0) is 14.4. The number of nitrogens with zero attached hydrogens (tertiary/aromatic N) is 6. The Morgan fingerprint density at radius 3 is 2.95 bits per heavy atom. The van der Waals surface area contributed by atoms with Crippen LogP contribution < -0.4 is 0 Å². The molecule has 4 aromatic rings. The summed E-state index contributed by atoms with van der Waals surface area (Å²) in [5.74, 6) is 0.822. The third-order valence-corrected chi connectivity index (χ3v) is 4.32. The van der Waals surface area contributed by atoms with E-state index >= 15 is 0 Å². The molecule has 0 atom stereocenters. The molecular weight excluding hydrogens is 284 g/mol. The van der Waals surface area contributed by atoms with Crippen molar-refractivity contribution in [3.8, 4) is 0 Å². The molecule has 0 aliphatic rings. The van der Waals surface area contributed by atoms with Gasteiger partial charge in [-0.3, -0.25) is 4.68 Å². The van der Waals surface area contributed by atoms with E-state index in [0.29, 0.717) is 0 Å². The summed E-state index contributed by atoms with van der Waals surface area (Å²) >= 11 is 1.62. The van der Waals surface area contributed by atoms with Crippen LogP contribution >= 0.6 is 11.3 Å². The maximum atomic E-state index is 4.64. The minimum atomic E-state index is 0.759. The van der Waals surface area contributed by atoms with E-state index in [2.05, 4.69) is 33.2 Å². The van der Waals surface area contributed by atoms with Crippen molar-refractivity contribution in [1.29, 1.82) is 0 Å². The second-order valence-corrected chi connectivity index (χ2v) is 5.98. The molecule has 106 valence electrons. The van der Waals surface area contributed by atoms with Gasteiger partial charge in [0.25, 0.3) is 0 Å². The number of fused-ring (bicyclic) bond motifs is 3. The van der Waals surface area contributed by atoms with Gasteiger partial charge in [-0.05, 0) is 31.4 Å². The van der Waals surface area contributed by atoms with Gasteiger partial charge >= 0.3 is 0 Å². The Hall–Kier alpha value is -2.28. The van der Waals surface area contributed by atoms with E-state index in [1.165, 1.54) is 0 Å². The van der Waals surface area contributed by atoms with Crippen molar-refractivity contribution >= 4 is 27.2 Å². The highest BCUT2D eigenvalue weighted by Crippen LogP contribution is 2.21. The van der Waals surface area contributed by atoms with Gasteiger partial charge in [0.15, 0.2) is 11.5 Å². The molecule has 4 rings (SSSR count). The predicted molar refractivity (Wildman–Crippen MR) is 81.6 cm³/mol. The summed E-state index contributed by atoms with van der Waals surface area (Å²) in [7, 11) is 0. The van der Waals surface area contributed by atoms with Crippen LogP contribution in [0.4, 0.5) is 0 Å². The molecule has 6 nitrogen and oxygen atoms in total. The standard InChI is InChI=1S/C14H14N6S/c1-9-7-10(2)19(17-9)5-3-12-16-13-11-4-6-21-14(11)15-8-20(13)18-12/h4,6-8H,3,5H2,1-2H3. The fourth-order valence-corrected chi connectivity index (χ4v) is 3.25. The Balaban J connectivity index is 1.66.